The van der Waals surface area contributed by atoms with Crippen molar-refractivity contribution in [2.45, 2.75) is 38.2 Å². The third kappa shape index (κ3) is 7.13. The molecule has 2 aliphatic heterocycles. The van der Waals surface area contributed by atoms with Gasteiger partial charge in [-0.1, -0.05) is 31.7 Å². The van der Waals surface area contributed by atoms with Gasteiger partial charge in [-0.2, -0.15) is 4.89 Å². The number of thiol groups is 1. The second-order valence-corrected chi connectivity index (χ2v) is 8.46. The number of hydrogen-bond acceptors (Lipinski definition) is 14. The van der Waals surface area contributed by atoms with Crippen molar-refractivity contribution in [1.82, 2.24) is 10.1 Å². The topological polar surface area (TPSA) is 155 Å². The van der Waals surface area contributed by atoms with Gasteiger partial charge in [0.2, 0.25) is 0 Å². The van der Waals surface area contributed by atoms with Gasteiger partial charge >= 0.3 is 11.9 Å². The molecule has 13 nitrogen and oxygen atoms in total. The summed E-state index contributed by atoms with van der Waals surface area (Å²) in [5.74, 6) is -3.76. The van der Waals surface area contributed by atoms with E-state index < -0.39 is 48.1 Å². The summed E-state index contributed by atoms with van der Waals surface area (Å²) in [6, 6.07) is 0. The maximum Gasteiger partial charge on any atom is 0.334 e. The predicted octanol–water partition coefficient (Wildman–Crippen LogP) is 0.0655. The lowest BCUT2D eigenvalue weighted by Gasteiger charge is -2.13. The highest BCUT2D eigenvalue weighted by atomic mass is 33.1. The van der Waals surface area contributed by atoms with Crippen LogP contribution in [0, 0.1) is 0 Å². The minimum atomic E-state index is -1.31. The lowest BCUT2D eigenvalue weighted by molar-refractivity contribution is -0.469. The number of carbonyl (C=O) groups excluding carboxylic acids is 6. The number of hydrogen-bond donors (Lipinski definition) is 1. The zero-order valence-electron chi connectivity index (χ0n) is 15.2. The van der Waals surface area contributed by atoms with Crippen LogP contribution in [0.25, 0.3) is 0 Å². The molecule has 1 unspecified atom stereocenters. The Bertz CT molecular complexity index is 703. The predicted molar refractivity (Wildman–Crippen MR) is 99.9 cm³/mol. The lowest BCUT2D eigenvalue weighted by Crippen LogP contribution is -2.35. The summed E-state index contributed by atoms with van der Waals surface area (Å²) in [6.07, 6.45) is -1.82. The minimum Gasteiger partial charge on any atom is -0.330 e. The van der Waals surface area contributed by atoms with Crippen molar-refractivity contribution in [2.24, 2.45) is 0 Å². The summed E-state index contributed by atoms with van der Waals surface area (Å²) in [4.78, 5) is 83.4. The van der Waals surface area contributed by atoms with Crippen molar-refractivity contribution in [3.05, 3.63) is 0 Å². The maximum absolute atomic E-state index is 11.8. The number of nitrogens with zero attached hydrogens (tertiary/aromatic N) is 2. The highest BCUT2D eigenvalue weighted by Crippen LogP contribution is 2.24. The molecule has 2 aliphatic rings. The summed E-state index contributed by atoms with van der Waals surface area (Å²) in [6.45, 7) is 0. The number of imide groups is 2. The van der Waals surface area contributed by atoms with E-state index in [1.807, 2.05) is 0 Å². The molecule has 16 heteroatoms. The van der Waals surface area contributed by atoms with E-state index in [1.165, 1.54) is 21.6 Å². The molecule has 0 aromatic carbocycles. The Labute approximate surface area is 182 Å². The van der Waals surface area contributed by atoms with Crippen LogP contribution in [0.15, 0.2) is 0 Å². The van der Waals surface area contributed by atoms with Crippen LogP contribution in [0.2, 0.25) is 0 Å². The van der Waals surface area contributed by atoms with E-state index in [2.05, 4.69) is 27.2 Å². The molecule has 0 aromatic heterocycles. The highest BCUT2D eigenvalue weighted by molar-refractivity contribution is 8.76. The first-order valence-electron chi connectivity index (χ1n) is 8.35. The monoisotopic (exact) mass is 484 g/mol. The third-order valence-electron chi connectivity index (χ3n) is 3.50. The molecule has 4 amide bonds. The van der Waals surface area contributed by atoms with E-state index >= 15 is 0 Å². The molecule has 2 rings (SSSR count). The number of amides is 4. The molecule has 2 fully saturated rings. The van der Waals surface area contributed by atoms with Gasteiger partial charge < -0.3 is 9.68 Å². The van der Waals surface area contributed by atoms with Crippen LogP contribution < -0.4 is 0 Å². The van der Waals surface area contributed by atoms with Gasteiger partial charge in [-0.05, 0) is 0 Å². The molecule has 0 spiro atoms. The number of rotatable bonds is 12. The number of carbonyl (C=O) groups is 6. The van der Waals surface area contributed by atoms with E-state index in [9.17, 15) is 28.8 Å². The van der Waals surface area contributed by atoms with E-state index in [1.54, 1.807) is 0 Å². The van der Waals surface area contributed by atoms with Crippen LogP contribution >= 0.6 is 34.5 Å². The third-order valence-corrected chi connectivity index (χ3v) is 5.97. The summed E-state index contributed by atoms with van der Waals surface area (Å²) in [5, 5.41) is 4.78. The van der Waals surface area contributed by atoms with Gasteiger partial charge in [0.1, 0.15) is 0 Å². The van der Waals surface area contributed by atoms with Crippen LogP contribution in [0.1, 0.15) is 32.1 Å². The average Bonchev–Trinajstić information content (AvgIpc) is 3.16. The molecule has 0 N–H and O–H groups in total. The standard InChI is InChI=1S/C14H16N2O11S3/c17-9-1-2-10(18)15(9)23-12(20)3-5-29-30-6-4-13(21)24-16-11(19)7-8(14(16)22)25-26-27-28/h8,28H,1-7H2. The van der Waals surface area contributed by atoms with Gasteiger partial charge in [-0.3, -0.25) is 19.2 Å². The molecular formula is C14H16N2O11S3. The second-order valence-electron chi connectivity index (χ2n) is 5.61. The minimum absolute atomic E-state index is 0.0208. The molecule has 1 atom stereocenters. The van der Waals surface area contributed by atoms with Gasteiger partial charge in [0.15, 0.2) is 6.10 Å². The Morgan fingerprint density at radius 2 is 1.43 bits per heavy atom. The molecule has 2 saturated heterocycles. The van der Waals surface area contributed by atoms with Crippen LogP contribution in [0.3, 0.4) is 0 Å². The van der Waals surface area contributed by atoms with Crippen molar-refractivity contribution in [2.75, 3.05) is 11.5 Å². The van der Waals surface area contributed by atoms with Gasteiger partial charge in [0.25, 0.3) is 23.6 Å². The summed E-state index contributed by atoms with van der Waals surface area (Å²) >= 11 is 3.23. The molecule has 0 saturated carbocycles. The Morgan fingerprint density at radius 3 is 1.97 bits per heavy atom. The maximum atomic E-state index is 11.8. The summed E-state index contributed by atoms with van der Waals surface area (Å²) in [7, 11) is 2.49. The second kappa shape index (κ2) is 12.1. The molecule has 2 heterocycles. The Morgan fingerprint density at radius 1 is 0.900 bits per heavy atom. The van der Waals surface area contributed by atoms with Crippen molar-refractivity contribution < 1.29 is 52.7 Å². The summed E-state index contributed by atoms with van der Waals surface area (Å²) in [5.41, 5.74) is 0. The molecule has 166 valence electrons. The first-order chi connectivity index (χ1) is 14.3. The number of hydroxylamine groups is 4. The van der Waals surface area contributed by atoms with E-state index in [4.69, 9.17) is 9.68 Å². The van der Waals surface area contributed by atoms with Crippen LogP contribution in [-0.4, -0.2) is 63.3 Å². The van der Waals surface area contributed by atoms with E-state index in [0.717, 1.165) is 0 Å². The van der Waals surface area contributed by atoms with Crippen molar-refractivity contribution in [3.8, 4) is 0 Å². The zero-order chi connectivity index (χ0) is 22.1. The van der Waals surface area contributed by atoms with Gasteiger partial charge in [-0.15, -0.1) is 9.40 Å². The SMILES string of the molecule is O=C(CCSSCCC(=O)ON1C(=O)CC(OOOS)C1=O)ON1C(=O)CCC1=O. The Hall–Kier alpha value is -1.85. The fourth-order valence-electron chi connectivity index (χ4n) is 2.14. The van der Waals surface area contributed by atoms with Crippen molar-refractivity contribution in [1.29, 1.82) is 0 Å². The molecular weight excluding hydrogens is 468 g/mol. The quantitative estimate of drug-likeness (QED) is 0.0756. The zero-order valence-corrected chi connectivity index (χ0v) is 17.7. The van der Waals surface area contributed by atoms with Gasteiger partial charge in [0.05, 0.1) is 19.3 Å². The van der Waals surface area contributed by atoms with E-state index in [0.29, 0.717) is 15.9 Å². The van der Waals surface area contributed by atoms with Crippen molar-refractivity contribution >= 4 is 70.1 Å². The van der Waals surface area contributed by atoms with Crippen molar-refractivity contribution in [3.63, 3.8) is 0 Å². The first kappa shape index (κ1) is 24.4. The molecule has 0 radical (unpaired) electrons. The average molecular weight is 484 g/mol. The van der Waals surface area contributed by atoms with Gasteiger partial charge in [0, 0.05) is 37.3 Å². The summed E-state index contributed by atoms with van der Waals surface area (Å²) < 4.78 is 3.86. The Balaban J connectivity index is 1.56. The van der Waals surface area contributed by atoms with E-state index in [-0.39, 0.29) is 31.4 Å². The molecule has 0 aliphatic carbocycles. The Kier molecular flexibility index (Phi) is 9.86. The fourth-order valence-corrected chi connectivity index (χ4v) is 4.12. The molecule has 0 aromatic rings. The molecule has 0 bridgehead atoms. The van der Waals surface area contributed by atoms with Gasteiger partial charge in [-0.25, -0.2) is 9.59 Å². The van der Waals surface area contributed by atoms with Crippen LogP contribution in [0.4, 0.5) is 0 Å². The fraction of sp³-hybridized carbons (Fsp3) is 0.571. The largest absolute Gasteiger partial charge is 0.334 e. The van der Waals surface area contributed by atoms with Crippen LogP contribution in [0.5, 0.6) is 0 Å². The lowest BCUT2D eigenvalue weighted by atomic mass is 10.3. The first-order valence-corrected chi connectivity index (χ1v) is 11.2. The molecule has 30 heavy (non-hydrogen) atoms. The normalized spacial score (nSPS) is 19.0. The smallest absolute Gasteiger partial charge is 0.330 e. The highest BCUT2D eigenvalue weighted by Gasteiger charge is 2.43. The van der Waals surface area contributed by atoms with Crippen LogP contribution in [-0.2, 0) is 52.7 Å².